The van der Waals surface area contributed by atoms with Gasteiger partial charge in [-0.1, -0.05) is 0 Å². The molecule has 3 aromatic heterocycles. The molecular formula is C17H20N8. The largest absolute Gasteiger partial charge is 0.353 e. The Morgan fingerprint density at radius 3 is 2.20 bits per heavy atom. The molecule has 0 radical (unpaired) electrons. The van der Waals surface area contributed by atoms with E-state index in [1.165, 1.54) is 0 Å². The number of aromatic nitrogens is 6. The van der Waals surface area contributed by atoms with Crippen molar-refractivity contribution in [2.75, 3.05) is 36.0 Å². The third kappa shape index (κ3) is 3.28. The van der Waals surface area contributed by atoms with Gasteiger partial charge in [-0.3, -0.25) is 0 Å². The predicted octanol–water partition coefficient (Wildman–Crippen LogP) is 1.40. The molecule has 8 nitrogen and oxygen atoms in total. The minimum absolute atomic E-state index is 0.773. The molecule has 128 valence electrons. The molecule has 0 bridgehead atoms. The van der Waals surface area contributed by atoms with Crippen molar-refractivity contribution in [3.63, 3.8) is 0 Å². The van der Waals surface area contributed by atoms with E-state index in [4.69, 9.17) is 0 Å². The molecular weight excluding hydrogens is 316 g/mol. The Labute approximate surface area is 146 Å². The van der Waals surface area contributed by atoms with E-state index in [0.29, 0.717) is 0 Å². The van der Waals surface area contributed by atoms with Crippen LogP contribution in [0.15, 0.2) is 36.9 Å². The van der Waals surface area contributed by atoms with E-state index >= 15 is 0 Å². The van der Waals surface area contributed by atoms with Crippen molar-refractivity contribution in [2.24, 2.45) is 0 Å². The van der Waals surface area contributed by atoms with Crippen molar-refractivity contribution in [1.29, 1.82) is 0 Å². The first kappa shape index (κ1) is 15.5. The fourth-order valence-corrected chi connectivity index (χ4v) is 3.02. The number of aryl methyl sites for hydroxylation is 2. The van der Waals surface area contributed by atoms with E-state index in [0.717, 1.165) is 55.2 Å². The summed E-state index contributed by atoms with van der Waals surface area (Å²) in [5, 5.41) is 4.22. The van der Waals surface area contributed by atoms with Crippen LogP contribution in [0.25, 0.3) is 5.82 Å². The van der Waals surface area contributed by atoms with Crippen LogP contribution in [0.5, 0.6) is 0 Å². The van der Waals surface area contributed by atoms with Gasteiger partial charge in [0.1, 0.15) is 12.1 Å². The lowest BCUT2D eigenvalue weighted by Crippen LogP contribution is -2.47. The van der Waals surface area contributed by atoms with Crippen molar-refractivity contribution in [2.45, 2.75) is 13.8 Å². The quantitative estimate of drug-likeness (QED) is 0.715. The first-order valence-corrected chi connectivity index (χ1v) is 8.33. The zero-order valence-corrected chi connectivity index (χ0v) is 14.4. The fraction of sp³-hybridized carbons (Fsp3) is 0.353. The molecule has 0 aromatic carbocycles. The van der Waals surface area contributed by atoms with Crippen molar-refractivity contribution in [3.8, 4) is 5.82 Å². The third-order valence-electron chi connectivity index (χ3n) is 4.23. The zero-order chi connectivity index (χ0) is 17.2. The van der Waals surface area contributed by atoms with Gasteiger partial charge in [-0.2, -0.15) is 5.10 Å². The predicted molar refractivity (Wildman–Crippen MR) is 95.1 cm³/mol. The summed E-state index contributed by atoms with van der Waals surface area (Å²) in [4.78, 5) is 22.3. The van der Waals surface area contributed by atoms with Crippen LogP contribution in [0, 0.1) is 13.8 Å². The smallest absolute Gasteiger partial charge is 0.225 e. The molecule has 25 heavy (non-hydrogen) atoms. The lowest BCUT2D eigenvalue weighted by molar-refractivity contribution is 0.631. The number of nitrogens with zero attached hydrogens (tertiary/aromatic N) is 8. The molecule has 1 aliphatic heterocycles. The number of hydrogen-bond acceptors (Lipinski definition) is 7. The molecule has 8 heteroatoms. The first-order valence-electron chi connectivity index (χ1n) is 8.33. The summed E-state index contributed by atoms with van der Waals surface area (Å²) in [6, 6.07) is 5.85. The third-order valence-corrected chi connectivity index (χ3v) is 4.23. The van der Waals surface area contributed by atoms with Gasteiger partial charge >= 0.3 is 0 Å². The molecule has 1 saturated heterocycles. The highest BCUT2D eigenvalue weighted by Crippen LogP contribution is 2.18. The van der Waals surface area contributed by atoms with Crippen molar-refractivity contribution in [1.82, 2.24) is 29.7 Å². The summed E-state index contributed by atoms with van der Waals surface area (Å²) in [5.74, 6) is 2.51. The second-order valence-corrected chi connectivity index (χ2v) is 6.11. The highest BCUT2D eigenvalue weighted by Gasteiger charge is 2.20. The Morgan fingerprint density at radius 2 is 1.52 bits per heavy atom. The Morgan fingerprint density at radius 1 is 0.840 bits per heavy atom. The molecule has 4 rings (SSSR count). The molecule has 0 amide bonds. The molecule has 0 unspecified atom stereocenters. The van der Waals surface area contributed by atoms with E-state index in [9.17, 15) is 0 Å². The van der Waals surface area contributed by atoms with Gasteiger partial charge in [0.2, 0.25) is 5.95 Å². The van der Waals surface area contributed by atoms with Crippen LogP contribution in [-0.2, 0) is 0 Å². The Balaban J connectivity index is 1.48. The Bertz CT molecular complexity index is 833. The fourth-order valence-electron chi connectivity index (χ4n) is 3.02. The molecule has 0 N–H and O–H groups in total. The molecule has 0 atom stereocenters. The van der Waals surface area contributed by atoms with Gasteiger partial charge in [0.15, 0.2) is 5.82 Å². The zero-order valence-electron chi connectivity index (χ0n) is 14.4. The summed E-state index contributed by atoms with van der Waals surface area (Å²) in [6.45, 7) is 7.48. The second-order valence-electron chi connectivity index (χ2n) is 6.11. The lowest BCUT2D eigenvalue weighted by atomic mass is 10.3. The van der Waals surface area contributed by atoms with Gasteiger partial charge in [-0.15, -0.1) is 0 Å². The topological polar surface area (TPSA) is 75.9 Å². The van der Waals surface area contributed by atoms with Crippen LogP contribution in [0.1, 0.15) is 11.4 Å². The lowest BCUT2D eigenvalue weighted by Gasteiger charge is -2.35. The van der Waals surface area contributed by atoms with Crippen molar-refractivity contribution >= 4 is 11.8 Å². The second kappa shape index (κ2) is 6.46. The maximum Gasteiger partial charge on any atom is 0.225 e. The van der Waals surface area contributed by atoms with Crippen LogP contribution >= 0.6 is 0 Å². The molecule has 1 fully saturated rings. The maximum atomic E-state index is 4.56. The number of piperazine rings is 1. The normalized spacial score (nSPS) is 14.8. The van der Waals surface area contributed by atoms with Crippen LogP contribution in [-0.4, -0.2) is 55.9 Å². The average molecular weight is 336 g/mol. The number of anilines is 2. The molecule has 3 aromatic rings. The molecule has 0 saturated carbocycles. The molecule has 0 spiro atoms. The molecule has 1 aliphatic rings. The number of rotatable bonds is 3. The van der Waals surface area contributed by atoms with Crippen LogP contribution in [0.2, 0.25) is 0 Å². The van der Waals surface area contributed by atoms with Crippen LogP contribution < -0.4 is 9.80 Å². The van der Waals surface area contributed by atoms with E-state index in [-0.39, 0.29) is 0 Å². The van der Waals surface area contributed by atoms with Crippen molar-refractivity contribution in [3.05, 3.63) is 48.3 Å². The highest BCUT2D eigenvalue weighted by molar-refractivity contribution is 5.45. The Hall–Kier alpha value is -3.03. The Kier molecular flexibility index (Phi) is 4.01. The number of hydrogen-bond donors (Lipinski definition) is 0. The summed E-state index contributed by atoms with van der Waals surface area (Å²) in [6.07, 6.45) is 5.21. The van der Waals surface area contributed by atoms with Gasteiger partial charge in [0.25, 0.3) is 0 Å². The molecule has 0 aliphatic carbocycles. The summed E-state index contributed by atoms with van der Waals surface area (Å²) in [5.41, 5.74) is 2.01. The van der Waals surface area contributed by atoms with Gasteiger partial charge < -0.3 is 9.80 Å². The van der Waals surface area contributed by atoms with Crippen LogP contribution in [0.3, 0.4) is 0 Å². The monoisotopic (exact) mass is 336 g/mol. The van der Waals surface area contributed by atoms with E-state index < -0.39 is 0 Å². The summed E-state index contributed by atoms with van der Waals surface area (Å²) < 4.78 is 1.74. The minimum atomic E-state index is 0.773. The maximum absolute atomic E-state index is 4.56. The van der Waals surface area contributed by atoms with E-state index in [2.05, 4.69) is 34.8 Å². The van der Waals surface area contributed by atoms with Gasteiger partial charge in [-0.25, -0.2) is 24.6 Å². The summed E-state index contributed by atoms with van der Waals surface area (Å²) in [7, 11) is 0. The van der Waals surface area contributed by atoms with Gasteiger partial charge in [0.05, 0.1) is 0 Å². The first-order chi connectivity index (χ1) is 12.2. The average Bonchev–Trinajstić information content (AvgIpc) is 3.16. The summed E-state index contributed by atoms with van der Waals surface area (Å²) >= 11 is 0. The van der Waals surface area contributed by atoms with E-state index in [1.54, 1.807) is 17.2 Å². The van der Waals surface area contributed by atoms with Crippen molar-refractivity contribution < 1.29 is 0 Å². The minimum Gasteiger partial charge on any atom is -0.353 e. The highest BCUT2D eigenvalue weighted by atomic mass is 15.3. The SMILES string of the molecule is Cc1cc(C)nc(N2CCN(c3cc(-n4cccn4)ncn3)CC2)n1. The molecule has 4 heterocycles. The van der Waals surface area contributed by atoms with E-state index in [1.807, 2.05) is 38.2 Å². The van der Waals surface area contributed by atoms with Crippen LogP contribution in [0.4, 0.5) is 11.8 Å². The standard InChI is InChI=1S/C17H20N8/c1-13-10-14(2)22-17(21-13)24-8-6-23(7-9-24)15-11-16(19-12-18-15)25-5-3-4-20-25/h3-5,10-12H,6-9H2,1-2H3. The van der Waals surface area contributed by atoms with Gasteiger partial charge in [0, 0.05) is 56.0 Å². The van der Waals surface area contributed by atoms with Gasteiger partial charge in [-0.05, 0) is 26.0 Å².